The molecule has 0 saturated carbocycles. The highest BCUT2D eigenvalue weighted by Gasteiger charge is 2.18. The second-order valence-corrected chi connectivity index (χ2v) is 6.20. The van der Waals surface area contributed by atoms with Crippen molar-refractivity contribution in [3.63, 3.8) is 0 Å². The molecule has 0 saturated heterocycles. The van der Waals surface area contributed by atoms with E-state index in [9.17, 15) is 9.59 Å². The van der Waals surface area contributed by atoms with Gasteiger partial charge in [-0.05, 0) is 32.4 Å². The first-order chi connectivity index (χ1) is 8.81. The maximum absolute atomic E-state index is 11.7. The monoisotopic (exact) mass is 299 g/mol. The van der Waals surface area contributed by atoms with Crippen molar-refractivity contribution in [3.05, 3.63) is 21.4 Å². The third-order valence-corrected chi connectivity index (χ3v) is 3.65. The SMILES string of the molecule is Cc1cc(C(C)NC(=O)C(=O)NCC(N)=S)c(C)s1. The Morgan fingerprint density at radius 1 is 1.42 bits per heavy atom. The molecule has 19 heavy (non-hydrogen) atoms. The lowest BCUT2D eigenvalue weighted by Crippen LogP contribution is -2.43. The third kappa shape index (κ3) is 4.60. The molecule has 0 spiro atoms. The lowest BCUT2D eigenvalue weighted by atomic mass is 10.1. The van der Waals surface area contributed by atoms with Crippen LogP contribution in [-0.4, -0.2) is 23.3 Å². The number of hydrogen-bond acceptors (Lipinski definition) is 4. The maximum atomic E-state index is 11.7. The van der Waals surface area contributed by atoms with Crippen LogP contribution in [0.2, 0.25) is 0 Å². The summed E-state index contributed by atoms with van der Waals surface area (Å²) < 4.78 is 0. The molecule has 1 atom stereocenters. The smallest absolute Gasteiger partial charge is 0.309 e. The second-order valence-electron chi connectivity index (χ2n) is 4.21. The van der Waals surface area contributed by atoms with Crippen molar-refractivity contribution in [2.24, 2.45) is 5.73 Å². The van der Waals surface area contributed by atoms with Gasteiger partial charge in [0, 0.05) is 9.75 Å². The summed E-state index contributed by atoms with van der Waals surface area (Å²) in [7, 11) is 0. The first kappa shape index (κ1) is 15.6. The number of thiocarbonyl (C=S) groups is 1. The minimum atomic E-state index is -0.732. The molecule has 2 amide bonds. The number of carbonyl (C=O) groups excluding carboxylic acids is 2. The van der Waals surface area contributed by atoms with Gasteiger partial charge < -0.3 is 16.4 Å². The fourth-order valence-electron chi connectivity index (χ4n) is 1.67. The van der Waals surface area contributed by atoms with E-state index >= 15 is 0 Å². The topological polar surface area (TPSA) is 84.2 Å². The minimum absolute atomic E-state index is 0.0204. The largest absolute Gasteiger partial charge is 0.392 e. The number of thiophene rings is 1. The van der Waals surface area contributed by atoms with Crippen LogP contribution >= 0.6 is 23.6 Å². The zero-order valence-electron chi connectivity index (χ0n) is 11.1. The lowest BCUT2D eigenvalue weighted by molar-refractivity contribution is -0.139. The Hall–Kier alpha value is -1.47. The molecule has 1 unspecified atom stereocenters. The van der Waals surface area contributed by atoms with Crippen molar-refractivity contribution in [2.75, 3.05) is 6.54 Å². The molecule has 0 fully saturated rings. The quantitative estimate of drug-likeness (QED) is 0.571. The van der Waals surface area contributed by atoms with Crippen LogP contribution in [0.4, 0.5) is 0 Å². The zero-order chi connectivity index (χ0) is 14.6. The summed E-state index contributed by atoms with van der Waals surface area (Å²) >= 11 is 6.28. The van der Waals surface area contributed by atoms with Gasteiger partial charge in [-0.2, -0.15) is 0 Å². The number of hydrogen-bond donors (Lipinski definition) is 3. The zero-order valence-corrected chi connectivity index (χ0v) is 12.7. The first-order valence-corrected chi connectivity index (χ1v) is 6.97. The van der Waals surface area contributed by atoms with Crippen LogP contribution in [-0.2, 0) is 9.59 Å². The van der Waals surface area contributed by atoms with E-state index in [4.69, 9.17) is 5.73 Å². The summed E-state index contributed by atoms with van der Waals surface area (Å²) in [6.07, 6.45) is 0. The summed E-state index contributed by atoms with van der Waals surface area (Å²) in [5.41, 5.74) is 6.27. The Bertz CT molecular complexity index is 511. The second kappa shape index (κ2) is 6.63. The number of carbonyl (C=O) groups is 2. The standard InChI is InChI=1S/C12H17N3O2S2/c1-6-4-9(8(3)19-6)7(2)15-12(17)11(16)14-5-10(13)18/h4,7H,5H2,1-3H3,(H2,13,18)(H,14,16)(H,15,17). The van der Waals surface area contributed by atoms with Gasteiger partial charge in [0.05, 0.1) is 17.6 Å². The maximum Gasteiger partial charge on any atom is 0.309 e. The molecule has 1 aromatic rings. The van der Waals surface area contributed by atoms with Gasteiger partial charge in [-0.1, -0.05) is 12.2 Å². The molecule has 4 N–H and O–H groups in total. The fraction of sp³-hybridized carbons (Fsp3) is 0.417. The number of nitrogens with one attached hydrogen (secondary N) is 2. The molecule has 7 heteroatoms. The molecule has 1 heterocycles. The van der Waals surface area contributed by atoms with Crippen molar-refractivity contribution >= 4 is 40.4 Å². The molecular formula is C12H17N3O2S2. The summed E-state index contributed by atoms with van der Waals surface area (Å²) in [4.78, 5) is 25.6. The number of aryl methyl sites for hydroxylation is 2. The minimum Gasteiger partial charge on any atom is -0.392 e. The number of amides is 2. The van der Waals surface area contributed by atoms with Crippen LogP contribution in [0.25, 0.3) is 0 Å². The number of rotatable bonds is 4. The van der Waals surface area contributed by atoms with Crippen molar-refractivity contribution in [1.29, 1.82) is 0 Å². The van der Waals surface area contributed by atoms with Crippen molar-refractivity contribution < 1.29 is 9.59 Å². The molecule has 0 radical (unpaired) electrons. The van der Waals surface area contributed by atoms with E-state index in [1.54, 1.807) is 11.3 Å². The van der Waals surface area contributed by atoms with E-state index in [1.807, 2.05) is 26.8 Å². The average molecular weight is 299 g/mol. The van der Waals surface area contributed by atoms with Crippen LogP contribution < -0.4 is 16.4 Å². The van der Waals surface area contributed by atoms with Gasteiger partial charge in [-0.25, -0.2) is 0 Å². The van der Waals surface area contributed by atoms with E-state index in [0.29, 0.717) is 0 Å². The van der Waals surface area contributed by atoms with E-state index in [0.717, 1.165) is 10.4 Å². The molecule has 1 rings (SSSR count). The lowest BCUT2D eigenvalue weighted by Gasteiger charge is -2.13. The highest BCUT2D eigenvalue weighted by atomic mass is 32.1. The molecule has 5 nitrogen and oxygen atoms in total. The third-order valence-electron chi connectivity index (χ3n) is 2.52. The van der Waals surface area contributed by atoms with E-state index in [-0.39, 0.29) is 17.6 Å². The molecule has 1 aromatic heterocycles. The summed E-state index contributed by atoms with van der Waals surface area (Å²) in [5, 5.41) is 4.99. The van der Waals surface area contributed by atoms with Gasteiger partial charge >= 0.3 is 11.8 Å². The van der Waals surface area contributed by atoms with Gasteiger partial charge in [-0.3, -0.25) is 9.59 Å². The predicted octanol–water partition coefficient (Wildman–Crippen LogP) is 0.944. The molecule has 0 aliphatic rings. The fourth-order valence-corrected chi connectivity index (χ4v) is 2.76. The summed E-state index contributed by atoms with van der Waals surface area (Å²) in [6, 6.07) is 1.80. The molecule has 104 valence electrons. The van der Waals surface area contributed by atoms with Crippen molar-refractivity contribution in [2.45, 2.75) is 26.8 Å². The van der Waals surface area contributed by atoms with Gasteiger partial charge in [0.1, 0.15) is 0 Å². The highest BCUT2D eigenvalue weighted by Crippen LogP contribution is 2.25. The van der Waals surface area contributed by atoms with Crippen LogP contribution in [0.3, 0.4) is 0 Å². The highest BCUT2D eigenvalue weighted by molar-refractivity contribution is 7.80. The van der Waals surface area contributed by atoms with Gasteiger partial charge in [0.2, 0.25) is 0 Å². The van der Waals surface area contributed by atoms with Gasteiger partial charge in [-0.15, -0.1) is 11.3 Å². The van der Waals surface area contributed by atoms with Crippen molar-refractivity contribution in [1.82, 2.24) is 10.6 Å². The molecule has 0 aliphatic heterocycles. The van der Waals surface area contributed by atoms with Crippen LogP contribution in [0.5, 0.6) is 0 Å². The predicted molar refractivity (Wildman–Crippen MR) is 80.1 cm³/mol. The van der Waals surface area contributed by atoms with Crippen molar-refractivity contribution in [3.8, 4) is 0 Å². The summed E-state index contributed by atoms with van der Waals surface area (Å²) in [6.45, 7) is 5.85. The van der Waals surface area contributed by atoms with E-state index < -0.39 is 11.8 Å². The van der Waals surface area contributed by atoms with Gasteiger partial charge in [0.25, 0.3) is 0 Å². The van der Waals surface area contributed by atoms with E-state index in [1.165, 1.54) is 4.88 Å². The Kier molecular flexibility index (Phi) is 5.44. The Morgan fingerprint density at radius 2 is 2.05 bits per heavy atom. The Labute approximate surface area is 121 Å². The number of nitrogens with two attached hydrogens (primary N) is 1. The first-order valence-electron chi connectivity index (χ1n) is 5.75. The van der Waals surface area contributed by atoms with Crippen LogP contribution in [0, 0.1) is 13.8 Å². The molecule has 0 aliphatic carbocycles. The Balaban J connectivity index is 2.59. The van der Waals surface area contributed by atoms with Crippen LogP contribution in [0.15, 0.2) is 6.07 Å². The average Bonchev–Trinajstić information content (AvgIpc) is 2.65. The molecule has 0 aromatic carbocycles. The van der Waals surface area contributed by atoms with Gasteiger partial charge in [0.15, 0.2) is 0 Å². The summed E-state index contributed by atoms with van der Waals surface area (Å²) in [5.74, 6) is -1.42. The molecular weight excluding hydrogens is 282 g/mol. The normalized spacial score (nSPS) is 11.7. The Morgan fingerprint density at radius 3 is 2.53 bits per heavy atom. The molecule has 0 bridgehead atoms. The van der Waals surface area contributed by atoms with Crippen LogP contribution in [0.1, 0.15) is 28.3 Å². The van der Waals surface area contributed by atoms with E-state index in [2.05, 4.69) is 22.9 Å².